The van der Waals surface area contributed by atoms with Crippen LogP contribution in [0.4, 0.5) is 5.69 Å². The number of aromatic nitrogens is 2. The van der Waals surface area contributed by atoms with E-state index in [1.165, 1.54) is 27.8 Å². The summed E-state index contributed by atoms with van der Waals surface area (Å²) in [6, 6.07) is 15.5. The summed E-state index contributed by atoms with van der Waals surface area (Å²) in [4.78, 5) is 33.3. The lowest BCUT2D eigenvalue weighted by molar-refractivity contribution is -0.119. The van der Waals surface area contributed by atoms with Gasteiger partial charge in [0.25, 0.3) is 5.56 Å². The minimum absolute atomic E-state index is 0.0337. The Balaban J connectivity index is 1.49. The number of hydrogen-bond acceptors (Lipinski definition) is 5. The molecule has 1 aliphatic heterocycles. The average Bonchev–Trinajstić information content (AvgIpc) is 3.25. The Kier molecular flexibility index (Phi) is 5.03. The number of nitrogens with zero attached hydrogens (tertiary/aromatic N) is 3. The van der Waals surface area contributed by atoms with Gasteiger partial charge in [0.2, 0.25) is 5.91 Å². The van der Waals surface area contributed by atoms with Crippen LogP contribution in [0.1, 0.15) is 12.0 Å². The molecular formula is C24H21N3O3S. The normalized spacial score (nSPS) is 13.3. The summed E-state index contributed by atoms with van der Waals surface area (Å²) in [5.41, 5.74) is 3.65. The van der Waals surface area contributed by atoms with Crippen molar-refractivity contribution < 1.29 is 9.53 Å². The zero-order valence-corrected chi connectivity index (χ0v) is 17.9. The highest BCUT2D eigenvalue weighted by Crippen LogP contribution is 2.32. The van der Waals surface area contributed by atoms with Crippen LogP contribution in [-0.2, 0) is 17.8 Å². The Morgan fingerprint density at radius 2 is 1.97 bits per heavy atom. The van der Waals surface area contributed by atoms with Crippen LogP contribution in [0.5, 0.6) is 5.75 Å². The Morgan fingerprint density at radius 1 is 1.16 bits per heavy atom. The van der Waals surface area contributed by atoms with E-state index in [2.05, 4.69) is 11.1 Å². The van der Waals surface area contributed by atoms with Gasteiger partial charge in [-0.3, -0.25) is 14.2 Å². The zero-order valence-electron chi connectivity index (χ0n) is 17.1. The molecule has 0 saturated carbocycles. The molecule has 0 spiro atoms. The molecule has 2 aromatic carbocycles. The highest BCUT2D eigenvalue weighted by atomic mass is 32.1. The van der Waals surface area contributed by atoms with Crippen molar-refractivity contribution in [2.75, 3.05) is 18.6 Å². The van der Waals surface area contributed by atoms with Crippen molar-refractivity contribution in [3.8, 4) is 16.9 Å². The van der Waals surface area contributed by atoms with E-state index in [9.17, 15) is 9.59 Å². The van der Waals surface area contributed by atoms with Crippen LogP contribution in [0.3, 0.4) is 0 Å². The van der Waals surface area contributed by atoms with Gasteiger partial charge < -0.3 is 9.64 Å². The first-order valence-electron chi connectivity index (χ1n) is 10.1. The third kappa shape index (κ3) is 3.51. The number of hydrogen-bond donors (Lipinski definition) is 0. The van der Waals surface area contributed by atoms with Crippen LogP contribution in [0, 0.1) is 0 Å². The smallest absolute Gasteiger partial charge is 0.263 e. The van der Waals surface area contributed by atoms with Gasteiger partial charge in [0.05, 0.1) is 18.8 Å². The number of fused-ring (bicyclic) bond motifs is 2. The maximum Gasteiger partial charge on any atom is 0.263 e. The summed E-state index contributed by atoms with van der Waals surface area (Å²) in [5, 5.41) is 2.48. The van der Waals surface area contributed by atoms with Crippen molar-refractivity contribution >= 4 is 33.1 Å². The van der Waals surface area contributed by atoms with Crippen LogP contribution >= 0.6 is 11.3 Å². The second kappa shape index (κ2) is 8.00. The quantitative estimate of drug-likeness (QED) is 0.488. The molecule has 0 unspecified atom stereocenters. The fourth-order valence-electron chi connectivity index (χ4n) is 4.09. The van der Waals surface area contributed by atoms with Gasteiger partial charge in [0, 0.05) is 23.2 Å². The first kappa shape index (κ1) is 19.5. The summed E-state index contributed by atoms with van der Waals surface area (Å²) >= 11 is 1.43. The van der Waals surface area contributed by atoms with Gasteiger partial charge in [-0.1, -0.05) is 30.3 Å². The number of thiophene rings is 1. The number of rotatable bonds is 4. The molecule has 2 aromatic heterocycles. The van der Waals surface area contributed by atoms with Crippen molar-refractivity contribution in [2.24, 2.45) is 0 Å². The molecule has 0 N–H and O–H groups in total. The van der Waals surface area contributed by atoms with Gasteiger partial charge in [-0.2, -0.15) is 0 Å². The predicted octanol–water partition coefficient (Wildman–Crippen LogP) is 4.11. The second-order valence-electron chi connectivity index (χ2n) is 7.51. The SMILES string of the molecule is COc1ccc(-c2csc3ncn(CC(=O)N4CCCc5ccccc54)c(=O)c23)cc1. The lowest BCUT2D eigenvalue weighted by Crippen LogP contribution is -2.39. The van der Waals surface area contributed by atoms with Crippen LogP contribution in [0.15, 0.2) is 65.0 Å². The van der Waals surface area contributed by atoms with E-state index >= 15 is 0 Å². The number of benzene rings is 2. The van der Waals surface area contributed by atoms with Crippen LogP contribution in [0.2, 0.25) is 0 Å². The van der Waals surface area contributed by atoms with E-state index in [1.807, 2.05) is 47.8 Å². The number of ether oxygens (including phenoxy) is 1. The predicted molar refractivity (Wildman–Crippen MR) is 123 cm³/mol. The van der Waals surface area contributed by atoms with E-state index in [4.69, 9.17) is 4.74 Å². The number of carbonyl (C=O) groups excluding carboxylic acids is 1. The molecule has 3 heterocycles. The van der Waals surface area contributed by atoms with Gasteiger partial charge in [-0.15, -0.1) is 11.3 Å². The fourth-order valence-corrected chi connectivity index (χ4v) is 4.99. The van der Waals surface area contributed by atoms with E-state index < -0.39 is 0 Å². The van der Waals surface area contributed by atoms with E-state index in [-0.39, 0.29) is 18.0 Å². The number of anilines is 1. The highest BCUT2D eigenvalue weighted by molar-refractivity contribution is 7.17. The van der Waals surface area contributed by atoms with Crippen molar-refractivity contribution in [3.63, 3.8) is 0 Å². The molecule has 7 heteroatoms. The molecule has 0 fully saturated rings. The Morgan fingerprint density at radius 3 is 2.77 bits per heavy atom. The molecule has 31 heavy (non-hydrogen) atoms. The minimum Gasteiger partial charge on any atom is -0.497 e. The van der Waals surface area contributed by atoms with Crippen LogP contribution in [-0.4, -0.2) is 29.1 Å². The average molecular weight is 432 g/mol. The topological polar surface area (TPSA) is 64.4 Å². The molecule has 0 radical (unpaired) electrons. The maximum atomic E-state index is 13.3. The van der Waals surface area contributed by atoms with Crippen molar-refractivity contribution in [3.05, 3.63) is 76.2 Å². The van der Waals surface area contributed by atoms with Gasteiger partial charge in [-0.25, -0.2) is 4.98 Å². The molecule has 0 aliphatic carbocycles. The summed E-state index contributed by atoms with van der Waals surface area (Å²) in [6.45, 7) is 0.629. The maximum absolute atomic E-state index is 13.3. The molecule has 1 amide bonds. The number of carbonyl (C=O) groups is 1. The number of amides is 1. The lowest BCUT2D eigenvalue weighted by Gasteiger charge is -2.29. The Bertz CT molecular complexity index is 1320. The lowest BCUT2D eigenvalue weighted by atomic mass is 10.0. The van der Waals surface area contributed by atoms with Crippen molar-refractivity contribution in [2.45, 2.75) is 19.4 Å². The third-order valence-corrected chi connectivity index (χ3v) is 6.56. The van der Waals surface area contributed by atoms with Crippen molar-refractivity contribution in [1.29, 1.82) is 0 Å². The summed E-state index contributed by atoms with van der Waals surface area (Å²) in [7, 11) is 1.62. The zero-order chi connectivity index (χ0) is 21.4. The van der Waals surface area contributed by atoms with Crippen molar-refractivity contribution in [1.82, 2.24) is 9.55 Å². The molecule has 0 atom stereocenters. The van der Waals surface area contributed by atoms with E-state index in [0.717, 1.165) is 35.4 Å². The van der Waals surface area contributed by atoms with Gasteiger partial charge in [-0.05, 0) is 42.2 Å². The first-order chi connectivity index (χ1) is 15.2. The summed E-state index contributed by atoms with van der Waals surface area (Å²) < 4.78 is 6.64. The number of para-hydroxylation sites is 1. The van der Waals surface area contributed by atoms with Crippen LogP contribution < -0.4 is 15.2 Å². The minimum atomic E-state index is -0.198. The molecule has 0 bridgehead atoms. The molecule has 5 rings (SSSR count). The monoisotopic (exact) mass is 431 g/mol. The second-order valence-corrected chi connectivity index (χ2v) is 8.37. The van der Waals surface area contributed by atoms with Gasteiger partial charge in [0.15, 0.2) is 0 Å². The standard InChI is InChI=1S/C24H21N3O3S/c1-30-18-10-8-16(9-11-18)19-14-31-23-22(19)24(29)26(15-25-23)13-21(28)27-12-4-6-17-5-2-3-7-20(17)27/h2-3,5,7-11,14-15H,4,6,12-13H2,1H3. The van der Waals surface area contributed by atoms with Gasteiger partial charge in [0.1, 0.15) is 17.1 Å². The fraction of sp³-hybridized carbons (Fsp3) is 0.208. The molecule has 1 aliphatic rings. The highest BCUT2D eigenvalue weighted by Gasteiger charge is 2.23. The van der Waals surface area contributed by atoms with Gasteiger partial charge >= 0.3 is 0 Å². The van der Waals surface area contributed by atoms with E-state index in [0.29, 0.717) is 16.8 Å². The molecule has 0 saturated heterocycles. The summed E-state index contributed by atoms with van der Waals surface area (Å²) in [5.74, 6) is 0.655. The number of methoxy groups -OCH3 is 1. The molecule has 4 aromatic rings. The summed E-state index contributed by atoms with van der Waals surface area (Å²) in [6.07, 6.45) is 3.36. The molecule has 6 nitrogen and oxygen atoms in total. The molecule has 156 valence electrons. The largest absolute Gasteiger partial charge is 0.497 e. The Hall–Kier alpha value is -3.45. The Labute approximate surface area is 183 Å². The first-order valence-corrected chi connectivity index (χ1v) is 11.0. The number of aryl methyl sites for hydroxylation is 1. The molecular weight excluding hydrogens is 410 g/mol. The van der Waals surface area contributed by atoms with Crippen LogP contribution in [0.25, 0.3) is 21.3 Å². The van der Waals surface area contributed by atoms with E-state index in [1.54, 1.807) is 12.0 Å². The third-order valence-electron chi connectivity index (χ3n) is 5.68.